The molecule has 1 unspecified atom stereocenters. The van der Waals surface area contributed by atoms with Gasteiger partial charge >= 0.3 is 5.97 Å². The van der Waals surface area contributed by atoms with Crippen molar-refractivity contribution in [2.24, 2.45) is 0 Å². The fourth-order valence-electron chi connectivity index (χ4n) is 3.03. The van der Waals surface area contributed by atoms with Crippen molar-refractivity contribution in [1.82, 2.24) is 14.9 Å². The van der Waals surface area contributed by atoms with E-state index in [1.165, 1.54) is 4.90 Å². The molecule has 8 heteroatoms. The minimum atomic E-state index is -1.06. The predicted octanol–water partition coefficient (Wildman–Crippen LogP) is 1.27. The molecule has 1 aliphatic heterocycles. The number of carboxylic acid groups (broad SMARTS) is 1. The average Bonchev–Trinajstić information content (AvgIpc) is 2.69. The lowest BCUT2D eigenvalue weighted by atomic mass is 10.1. The van der Waals surface area contributed by atoms with Gasteiger partial charge in [-0.05, 0) is 37.1 Å². The van der Waals surface area contributed by atoms with Gasteiger partial charge in [0.1, 0.15) is 11.8 Å². The molecule has 1 N–H and O–H groups in total. The highest BCUT2D eigenvalue weighted by Crippen LogP contribution is 2.21. The number of aromatic nitrogens is 2. The third-order valence-corrected chi connectivity index (χ3v) is 4.73. The van der Waals surface area contributed by atoms with Crippen LogP contribution in [0.5, 0.6) is 5.75 Å². The normalized spacial score (nSPS) is 16.9. The van der Waals surface area contributed by atoms with Crippen LogP contribution >= 0.6 is 0 Å². The van der Waals surface area contributed by atoms with Gasteiger partial charge < -0.3 is 19.6 Å². The molecule has 1 atom stereocenters. The summed E-state index contributed by atoms with van der Waals surface area (Å²) in [4.78, 5) is 35.8. The maximum atomic E-state index is 12.6. The molecule has 0 aliphatic carbocycles. The lowest BCUT2D eigenvalue weighted by Gasteiger charge is -2.39. The number of anilines is 1. The van der Waals surface area contributed by atoms with E-state index in [0.717, 1.165) is 11.1 Å². The van der Waals surface area contributed by atoms with Crippen LogP contribution in [0.25, 0.3) is 0 Å². The predicted molar refractivity (Wildman–Crippen MR) is 98.8 cm³/mol. The number of rotatable bonds is 5. The van der Waals surface area contributed by atoms with Crippen LogP contribution in [0.15, 0.2) is 36.7 Å². The number of nitrogens with zero attached hydrogens (tertiary/aromatic N) is 4. The summed E-state index contributed by atoms with van der Waals surface area (Å²) in [6, 6.07) is 6.35. The number of aliphatic carboxylic acids is 1. The number of aryl methyl sites for hydroxylation is 1. The Balaban J connectivity index is 1.67. The summed E-state index contributed by atoms with van der Waals surface area (Å²) in [6.07, 6.45) is 3.21. The van der Waals surface area contributed by atoms with Crippen molar-refractivity contribution in [3.63, 3.8) is 0 Å². The van der Waals surface area contributed by atoms with Gasteiger partial charge in [0.25, 0.3) is 5.91 Å². The van der Waals surface area contributed by atoms with Crippen molar-refractivity contribution in [2.75, 3.05) is 31.1 Å². The van der Waals surface area contributed by atoms with Crippen LogP contribution in [0.1, 0.15) is 11.1 Å². The van der Waals surface area contributed by atoms with Gasteiger partial charge in [-0.25, -0.2) is 14.8 Å². The highest BCUT2D eigenvalue weighted by atomic mass is 16.5. The van der Waals surface area contributed by atoms with Crippen molar-refractivity contribution in [3.05, 3.63) is 47.8 Å². The van der Waals surface area contributed by atoms with E-state index < -0.39 is 12.0 Å². The summed E-state index contributed by atoms with van der Waals surface area (Å²) >= 11 is 0. The highest BCUT2D eigenvalue weighted by molar-refractivity contribution is 5.85. The van der Waals surface area contributed by atoms with Crippen LogP contribution < -0.4 is 9.64 Å². The summed E-state index contributed by atoms with van der Waals surface area (Å²) in [5.41, 5.74) is 2.03. The smallest absolute Gasteiger partial charge is 0.328 e. The number of benzene rings is 1. The number of hydrogen-bond acceptors (Lipinski definition) is 6. The van der Waals surface area contributed by atoms with Crippen LogP contribution in [0, 0.1) is 13.8 Å². The van der Waals surface area contributed by atoms with Crippen molar-refractivity contribution < 1.29 is 19.4 Å². The Morgan fingerprint density at radius 3 is 2.63 bits per heavy atom. The van der Waals surface area contributed by atoms with E-state index in [1.807, 2.05) is 26.0 Å². The molecule has 27 heavy (non-hydrogen) atoms. The fraction of sp³-hybridized carbons (Fsp3) is 0.368. The topological polar surface area (TPSA) is 95.9 Å². The second kappa shape index (κ2) is 8.03. The SMILES string of the molecule is Cc1cccc(OCC(=O)N2CCN(c3ncccn3)CC2C(=O)O)c1C. The monoisotopic (exact) mass is 370 g/mol. The first-order chi connectivity index (χ1) is 13.0. The molecular weight excluding hydrogens is 348 g/mol. The molecule has 8 nitrogen and oxygen atoms in total. The molecule has 1 aromatic carbocycles. The molecule has 2 heterocycles. The van der Waals surface area contributed by atoms with Gasteiger partial charge in [-0.15, -0.1) is 0 Å². The zero-order valence-electron chi connectivity index (χ0n) is 15.3. The molecule has 0 saturated carbocycles. The van der Waals surface area contributed by atoms with Crippen LogP contribution in [0.3, 0.4) is 0 Å². The standard InChI is InChI=1S/C19H22N4O4/c1-13-5-3-6-16(14(13)2)27-12-17(24)23-10-9-22(11-15(23)18(25)26)19-20-7-4-8-21-19/h3-8,15H,9-12H2,1-2H3,(H,25,26). The molecule has 1 saturated heterocycles. The Hall–Kier alpha value is -3.16. The van der Waals surface area contributed by atoms with Crippen LogP contribution in [0.4, 0.5) is 5.95 Å². The summed E-state index contributed by atoms with van der Waals surface area (Å²) in [5.74, 6) is -0.318. The molecular formula is C19H22N4O4. The van der Waals surface area contributed by atoms with Gasteiger partial charge in [0.05, 0.1) is 6.54 Å². The number of carboxylic acids is 1. The number of carbonyl (C=O) groups excluding carboxylic acids is 1. The number of hydrogen-bond donors (Lipinski definition) is 1. The van der Waals surface area contributed by atoms with Crippen molar-refractivity contribution in [1.29, 1.82) is 0 Å². The zero-order valence-corrected chi connectivity index (χ0v) is 15.3. The number of piperazine rings is 1. The van der Waals surface area contributed by atoms with E-state index >= 15 is 0 Å². The second-order valence-electron chi connectivity index (χ2n) is 6.42. The van der Waals surface area contributed by atoms with Crippen molar-refractivity contribution in [3.8, 4) is 5.75 Å². The molecule has 1 fully saturated rings. The summed E-state index contributed by atoms with van der Waals surface area (Å²) in [7, 11) is 0. The Kier molecular flexibility index (Phi) is 5.54. The molecule has 1 aliphatic rings. The van der Waals surface area contributed by atoms with E-state index in [9.17, 15) is 14.7 Å². The van der Waals surface area contributed by atoms with Gasteiger partial charge in [0.15, 0.2) is 6.61 Å². The third-order valence-electron chi connectivity index (χ3n) is 4.73. The number of amides is 1. The molecule has 3 rings (SSSR count). The molecule has 2 aromatic rings. The van der Waals surface area contributed by atoms with E-state index in [1.54, 1.807) is 29.4 Å². The summed E-state index contributed by atoms with van der Waals surface area (Å²) < 4.78 is 5.65. The number of ether oxygens (including phenoxy) is 1. The largest absolute Gasteiger partial charge is 0.483 e. The van der Waals surface area contributed by atoms with E-state index in [4.69, 9.17) is 4.74 Å². The first-order valence-corrected chi connectivity index (χ1v) is 8.70. The lowest BCUT2D eigenvalue weighted by molar-refractivity contribution is -0.151. The summed E-state index contributed by atoms with van der Waals surface area (Å²) in [5, 5.41) is 9.59. The van der Waals surface area contributed by atoms with E-state index in [2.05, 4.69) is 9.97 Å². The van der Waals surface area contributed by atoms with Gasteiger partial charge in [-0.1, -0.05) is 12.1 Å². The minimum absolute atomic E-state index is 0.133. The molecule has 0 spiro atoms. The summed E-state index contributed by atoms with van der Waals surface area (Å²) in [6.45, 7) is 4.56. The Morgan fingerprint density at radius 2 is 1.93 bits per heavy atom. The maximum Gasteiger partial charge on any atom is 0.328 e. The first-order valence-electron chi connectivity index (χ1n) is 8.70. The van der Waals surface area contributed by atoms with Crippen LogP contribution in [0.2, 0.25) is 0 Å². The van der Waals surface area contributed by atoms with Crippen LogP contribution in [-0.2, 0) is 9.59 Å². The minimum Gasteiger partial charge on any atom is -0.483 e. The van der Waals surface area contributed by atoms with E-state index in [0.29, 0.717) is 18.2 Å². The number of carbonyl (C=O) groups is 2. The maximum absolute atomic E-state index is 12.6. The van der Waals surface area contributed by atoms with Crippen LogP contribution in [-0.4, -0.2) is 64.1 Å². The molecule has 0 radical (unpaired) electrons. The third kappa shape index (κ3) is 4.16. The van der Waals surface area contributed by atoms with Gasteiger partial charge in [-0.2, -0.15) is 0 Å². The molecule has 1 aromatic heterocycles. The highest BCUT2D eigenvalue weighted by Gasteiger charge is 2.36. The quantitative estimate of drug-likeness (QED) is 0.847. The lowest BCUT2D eigenvalue weighted by Crippen LogP contribution is -2.59. The van der Waals surface area contributed by atoms with Gasteiger partial charge in [0.2, 0.25) is 5.95 Å². The Morgan fingerprint density at radius 1 is 1.19 bits per heavy atom. The van der Waals surface area contributed by atoms with Gasteiger partial charge in [0, 0.05) is 25.5 Å². The van der Waals surface area contributed by atoms with Crippen molar-refractivity contribution >= 4 is 17.8 Å². The average molecular weight is 370 g/mol. The molecule has 1 amide bonds. The van der Waals surface area contributed by atoms with Gasteiger partial charge in [-0.3, -0.25) is 4.79 Å². The Labute approximate surface area is 157 Å². The fourth-order valence-corrected chi connectivity index (χ4v) is 3.03. The zero-order chi connectivity index (χ0) is 19.4. The van der Waals surface area contributed by atoms with E-state index in [-0.39, 0.29) is 25.6 Å². The molecule has 0 bridgehead atoms. The second-order valence-corrected chi connectivity index (χ2v) is 6.42. The van der Waals surface area contributed by atoms with Crippen molar-refractivity contribution in [2.45, 2.75) is 19.9 Å². The first kappa shape index (κ1) is 18.6. The molecule has 142 valence electrons. The Bertz CT molecular complexity index is 828.